The smallest absolute Gasteiger partial charge is 0.434 e. The largest absolute Gasteiger partial charge is 0.467 e. The van der Waals surface area contributed by atoms with Gasteiger partial charge in [0.1, 0.15) is 6.04 Å². The van der Waals surface area contributed by atoms with Crippen LogP contribution >= 0.6 is 0 Å². The Hall–Kier alpha value is -1.57. The fourth-order valence-corrected chi connectivity index (χ4v) is 2.43. The number of hydrogen-bond acceptors (Lipinski definition) is 4. The molecule has 0 aromatic carbocycles. The molecule has 0 amide bonds. The summed E-state index contributed by atoms with van der Waals surface area (Å²) in [4.78, 5) is 15.2. The van der Waals surface area contributed by atoms with Crippen LogP contribution in [0.25, 0.3) is 0 Å². The number of rotatable bonds is 4. The molecule has 1 saturated heterocycles. The zero-order valence-electron chi connectivity index (χ0n) is 11.6. The molecule has 0 saturated carbocycles. The summed E-state index contributed by atoms with van der Waals surface area (Å²) in [6.07, 6.45) is -0.651. The predicted molar refractivity (Wildman–Crippen MR) is 66.4 cm³/mol. The first kappa shape index (κ1) is 15.8. The van der Waals surface area contributed by atoms with Gasteiger partial charge in [-0.1, -0.05) is 0 Å². The molecule has 0 aliphatic carbocycles. The fraction of sp³-hybridized carbons (Fsp3) is 0.692. The molecule has 0 N–H and O–H groups in total. The van der Waals surface area contributed by atoms with E-state index in [9.17, 15) is 18.0 Å². The second kappa shape index (κ2) is 6.46. The SMILES string of the molecule is COC(=O)C(CC1CCOCC1)n1cnc(C(F)(F)F)c1. The Bertz CT molecular complexity index is 481. The Morgan fingerprint density at radius 1 is 1.52 bits per heavy atom. The average molecular weight is 306 g/mol. The Balaban J connectivity index is 2.15. The minimum absolute atomic E-state index is 0.222. The number of halogens is 3. The summed E-state index contributed by atoms with van der Waals surface area (Å²) in [5, 5.41) is 0. The lowest BCUT2D eigenvalue weighted by Crippen LogP contribution is -2.26. The number of carbonyl (C=O) groups is 1. The molecule has 5 nitrogen and oxygen atoms in total. The third-order valence-corrected chi connectivity index (χ3v) is 3.62. The second-order valence-electron chi connectivity index (χ2n) is 5.03. The summed E-state index contributed by atoms with van der Waals surface area (Å²) < 4.78 is 48.9. The maximum Gasteiger partial charge on any atom is 0.434 e. The van der Waals surface area contributed by atoms with Gasteiger partial charge in [0.2, 0.25) is 0 Å². The maximum absolute atomic E-state index is 12.6. The maximum atomic E-state index is 12.6. The number of hydrogen-bond donors (Lipinski definition) is 0. The highest BCUT2D eigenvalue weighted by Gasteiger charge is 2.35. The minimum Gasteiger partial charge on any atom is -0.467 e. The van der Waals surface area contributed by atoms with Gasteiger partial charge in [0.25, 0.3) is 0 Å². The van der Waals surface area contributed by atoms with Crippen molar-refractivity contribution in [2.75, 3.05) is 20.3 Å². The summed E-state index contributed by atoms with van der Waals surface area (Å²) in [5.41, 5.74) is -1.01. The Kier molecular flexibility index (Phi) is 4.87. The topological polar surface area (TPSA) is 53.4 Å². The molecule has 1 atom stereocenters. The second-order valence-corrected chi connectivity index (χ2v) is 5.03. The molecule has 0 spiro atoms. The van der Waals surface area contributed by atoms with E-state index in [0.29, 0.717) is 19.6 Å². The van der Waals surface area contributed by atoms with Crippen LogP contribution in [-0.2, 0) is 20.4 Å². The zero-order valence-corrected chi connectivity index (χ0v) is 11.6. The predicted octanol–water partition coefficient (Wildman–Crippen LogP) is 2.43. The van der Waals surface area contributed by atoms with E-state index in [1.165, 1.54) is 11.7 Å². The molecule has 1 aliphatic rings. The summed E-state index contributed by atoms with van der Waals surface area (Å²) in [7, 11) is 1.22. The van der Waals surface area contributed by atoms with Crippen LogP contribution in [0.15, 0.2) is 12.5 Å². The van der Waals surface area contributed by atoms with Crippen LogP contribution in [0.1, 0.15) is 31.0 Å². The van der Waals surface area contributed by atoms with Crippen molar-refractivity contribution in [1.82, 2.24) is 9.55 Å². The minimum atomic E-state index is -4.52. The van der Waals surface area contributed by atoms with Gasteiger partial charge in [-0.3, -0.25) is 0 Å². The highest BCUT2D eigenvalue weighted by Crippen LogP contribution is 2.31. The lowest BCUT2D eigenvalue weighted by atomic mass is 9.92. The molecule has 1 unspecified atom stereocenters. The van der Waals surface area contributed by atoms with Gasteiger partial charge < -0.3 is 14.0 Å². The number of esters is 1. The molecule has 0 radical (unpaired) electrons. The average Bonchev–Trinajstić information content (AvgIpc) is 2.94. The van der Waals surface area contributed by atoms with E-state index in [1.807, 2.05) is 0 Å². The molecule has 2 heterocycles. The first-order valence-corrected chi connectivity index (χ1v) is 6.68. The Morgan fingerprint density at radius 3 is 2.71 bits per heavy atom. The van der Waals surface area contributed by atoms with Crippen molar-refractivity contribution in [3.63, 3.8) is 0 Å². The third kappa shape index (κ3) is 3.96. The molecule has 118 valence electrons. The summed E-state index contributed by atoms with van der Waals surface area (Å²) in [6, 6.07) is -0.790. The van der Waals surface area contributed by atoms with Crippen LogP contribution in [0.2, 0.25) is 0 Å². The number of imidazole rings is 1. The highest BCUT2D eigenvalue weighted by atomic mass is 19.4. The van der Waals surface area contributed by atoms with Crippen LogP contribution in [0.3, 0.4) is 0 Å². The summed E-state index contributed by atoms with van der Waals surface area (Å²) in [5.74, 6) is -0.341. The third-order valence-electron chi connectivity index (χ3n) is 3.62. The normalized spacial score (nSPS) is 18.5. The van der Waals surface area contributed by atoms with E-state index in [1.54, 1.807) is 0 Å². The number of carbonyl (C=O) groups excluding carboxylic acids is 1. The van der Waals surface area contributed by atoms with Gasteiger partial charge in [0.05, 0.1) is 13.4 Å². The molecular formula is C13H17F3N2O3. The molecule has 0 bridgehead atoms. The molecule has 2 rings (SSSR count). The van der Waals surface area contributed by atoms with E-state index in [-0.39, 0.29) is 5.92 Å². The van der Waals surface area contributed by atoms with Gasteiger partial charge >= 0.3 is 12.1 Å². The first-order chi connectivity index (χ1) is 9.91. The monoisotopic (exact) mass is 306 g/mol. The standard InChI is InChI=1S/C13H17F3N2O3/c1-20-12(19)10(6-9-2-4-21-5-3-9)18-7-11(17-8-18)13(14,15)16/h7-10H,2-6H2,1H3. The molecule has 8 heteroatoms. The van der Waals surface area contributed by atoms with Crippen LogP contribution in [-0.4, -0.2) is 35.8 Å². The Morgan fingerprint density at radius 2 is 2.19 bits per heavy atom. The van der Waals surface area contributed by atoms with Crippen molar-refractivity contribution in [1.29, 1.82) is 0 Å². The number of alkyl halides is 3. The molecule has 1 aromatic rings. The van der Waals surface area contributed by atoms with Crippen LogP contribution in [0.4, 0.5) is 13.2 Å². The van der Waals surface area contributed by atoms with Crippen LogP contribution < -0.4 is 0 Å². The van der Waals surface area contributed by atoms with Crippen molar-refractivity contribution in [3.8, 4) is 0 Å². The van der Waals surface area contributed by atoms with Crippen molar-refractivity contribution in [2.24, 2.45) is 5.92 Å². The molecule has 1 aromatic heterocycles. The first-order valence-electron chi connectivity index (χ1n) is 6.68. The fourth-order valence-electron chi connectivity index (χ4n) is 2.43. The number of nitrogens with zero attached hydrogens (tertiary/aromatic N) is 2. The van der Waals surface area contributed by atoms with E-state index in [4.69, 9.17) is 9.47 Å². The van der Waals surface area contributed by atoms with Crippen LogP contribution in [0.5, 0.6) is 0 Å². The van der Waals surface area contributed by atoms with Gasteiger partial charge in [-0.05, 0) is 25.2 Å². The highest BCUT2D eigenvalue weighted by molar-refractivity contribution is 5.74. The van der Waals surface area contributed by atoms with Gasteiger partial charge in [-0.25, -0.2) is 9.78 Å². The van der Waals surface area contributed by atoms with E-state index < -0.39 is 23.9 Å². The van der Waals surface area contributed by atoms with E-state index in [0.717, 1.165) is 25.4 Å². The molecule has 1 fully saturated rings. The van der Waals surface area contributed by atoms with Crippen molar-refractivity contribution in [2.45, 2.75) is 31.5 Å². The van der Waals surface area contributed by atoms with Gasteiger partial charge in [0, 0.05) is 19.4 Å². The molecule has 1 aliphatic heterocycles. The van der Waals surface area contributed by atoms with Gasteiger partial charge in [0.15, 0.2) is 5.69 Å². The quantitative estimate of drug-likeness (QED) is 0.802. The number of methoxy groups -OCH3 is 1. The summed E-state index contributed by atoms with van der Waals surface area (Å²) in [6.45, 7) is 1.21. The lowest BCUT2D eigenvalue weighted by Gasteiger charge is -2.26. The zero-order chi connectivity index (χ0) is 15.5. The van der Waals surface area contributed by atoms with Gasteiger partial charge in [-0.2, -0.15) is 13.2 Å². The molecule has 21 heavy (non-hydrogen) atoms. The summed E-state index contributed by atoms with van der Waals surface area (Å²) >= 11 is 0. The van der Waals surface area contributed by atoms with Crippen molar-refractivity contribution < 1.29 is 27.4 Å². The number of aromatic nitrogens is 2. The van der Waals surface area contributed by atoms with Gasteiger partial charge in [-0.15, -0.1) is 0 Å². The van der Waals surface area contributed by atoms with Crippen molar-refractivity contribution >= 4 is 5.97 Å². The van der Waals surface area contributed by atoms with Crippen LogP contribution in [0, 0.1) is 5.92 Å². The van der Waals surface area contributed by atoms with E-state index >= 15 is 0 Å². The van der Waals surface area contributed by atoms with Crippen molar-refractivity contribution in [3.05, 3.63) is 18.2 Å². The molecular weight excluding hydrogens is 289 g/mol. The van der Waals surface area contributed by atoms with E-state index in [2.05, 4.69) is 4.98 Å². The lowest BCUT2D eigenvalue weighted by molar-refractivity contribution is -0.146. The number of ether oxygens (including phenoxy) is 2. The Labute approximate surface area is 120 Å².